The Balaban J connectivity index is 2.10. The van der Waals surface area contributed by atoms with Gasteiger partial charge < -0.3 is 9.84 Å². The molecule has 1 saturated carbocycles. The van der Waals surface area contributed by atoms with Crippen LogP contribution in [0.4, 0.5) is 0 Å². The van der Waals surface area contributed by atoms with Crippen LogP contribution in [0.2, 0.25) is 0 Å². The summed E-state index contributed by atoms with van der Waals surface area (Å²) in [5.41, 5.74) is -0.258. The van der Waals surface area contributed by atoms with E-state index in [1.165, 1.54) is 6.42 Å². The van der Waals surface area contributed by atoms with Gasteiger partial charge in [-0.25, -0.2) is 0 Å². The minimum absolute atomic E-state index is 0.0768. The lowest BCUT2D eigenvalue weighted by molar-refractivity contribution is 0.0227. The van der Waals surface area contributed by atoms with Crippen molar-refractivity contribution in [2.45, 2.75) is 57.3 Å². The van der Waals surface area contributed by atoms with Crippen molar-refractivity contribution < 1.29 is 9.84 Å². The van der Waals surface area contributed by atoms with Gasteiger partial charge in [0.15, 0.2) is 0 Å². The minimum Gasteiger partial charge on any atom is -0.390 e. The van der Waals surface area contributed by atoms with Crippen molar-refractivity contribution in [2.75, 3.05) is 0 Å². The summed E-state index contributed by atoms with van der Waals surface area (Å²) in [6.45, 7) is 6.35. The third-order valence-corrected chi connectivity index (χ3v) is 3.59. The molecule has 2 aliphatic rings. The van der Waals surface area contributed by atoms with Crippen LogP contribution in [-0.4, -0.2) is 22.4 Å². The molecule has 0 bridgehead atoms. The first-order chi connectivity index (χ1) is 5.48. The van der Waals surface area contributed by atoms with Gasteiger partial charge in [-0.2, -0.15) is 0 Å². The molecule has 0 radical (unpaired) electrons. The van der Waals surface area contributed by atoms with Gasteiger partial charge in [0.25, 0.3) is 0 Å². The molecular weight excluding hydrogens is 152 g/mol. The largest absolute Gasteiger partial charge is 0.390 e. The average molecular weight is 170 g/mol. The van der Waals surface area contributed by atoms with Crippen molar-refractivity contribution in [3.05, 3.63) is 0 Å². The first-order valence-electron chi connectivity index (χ1n) is 4.86. The Labute approximate surface area is 73.9 Å². The number of hydrogen-bond acceptors (Lipinski definition) is 2. The van der Waals surface area contributed by atoms with Crippen LogP contribution in [0.3, 0.4) is 0 Å². The fourth-order valence-electron chi connectivity index (χ4n) is 2.57. The van der Waals surface area contributed by atoms with Gasteiger partial charge in [-0.15, -0.1) is 0 Å². The summed E-state index contributed by atoms with van der Waals surface area (Å²) in [6, 6.07) is 0. The standard InChI is InChI=1S/C10H18O2/c1-7-4-5-10(8(11)6-7)9(2,3)12-10/h7-8,11H,4-6H2,1-3H3. The van der Waals surface area contributed by atoms with Crippen LogP contribution in [-0.2, 0) is 4.74 Å². The highest BCUT2D eigenvalue weighted by Crippen LogP contribution is 2.56. The molecule has 0 aromatic heterocycles. The fraction of sp³-hybridized carbons (Fsp3) is 1.00. The van der Waals surface area contributed by atoms with Crippen molar-refractivity contribution in [1.82, 2.24) is 0 Å². The molecule has 3 atom stereocenters. The lowest BCUT2D eigenvalue weighted by Crippen LogP contribution is -2.40. The third-order valence-electron chi connectivity index (χ3n) is 3.59. The van der Waals surface area contributed by atoms with Gasteiger partial charge in [-0.3, -0.25) is 0 Å². The average Bonchev–Trinajstić information content (AvgIpc) is 2.48. The highest BCUT2D eigenvalue weighted by molar-refractivity contribution is 5.16. The lowest BCUT2D eigenvalue weighted by Gasteiger charge is -2.30. The van der Waals surface area contributed by atoms with Gasteiger partial charge in [0.1, 0.15) is 5.60 Å². The molecule has 1 saturated heterocycles. The molecule has 3 unspecified atom stereocenters. The van der Waals surface area contributed by atoms with E-state index in [2.05, 4.69) is 20.8 Å². The fourth-order valence-corrected chi connectivity index (χ4v) is 2.57. The number of aliphatic hydroxyl groups is 1. The second-order valence-electron chi connectivity index (χ2n) is 4.90. The van der Waals surface area contributed by atoms with Crippen LogP contribution in [0.5, 0.6) is 0 Å². The minimum atomic E-state index is -0.240. The maximum atomic E-state index is 9.88. The van der Waals surface area contributed by atoms with Crippen molar-refractivity contribution in [1.29, 1.82) is 0 Å². The Kier molecular flexibility index (Phi) is 1.59. The van der Waals surface area contributed by atoms with E-state index in [4.69, 9.17) is 4.74 Å². The number of rotatable bonds is 0. The number of aliphatic hydroxyl groups excluding tert-OH is 1. The van der Waals surface area contributed by atoms with E-state index in [0.29, 0.717) is 5.92 Å². The van der Waals surface area contributed by atoms with Gasteiger partial charge in [0, 0.05) is 0 Å². The Morgan fingerprint density at radius 2 is 2.00 bits per heavy atom. The van der Waals surface area contributed by atoms with Crippen LogP contribution < -0.4 is 0 Å². The SMILES string of the molecule is CC1CCC2(OC2(C)C)C(O)C1. The molecule has 0 aromatic carbocycles. The Morgan fingerprint density at radius 1 is 1.42 bits per heavy atom. The third kappa shape index (κ3) is 0.944. The number of hydrogen-bond donors (Lipinski definition) is 1. The first kappa shape index (κ1) is 8.52. The topological polar surface area (TPSA) is 32.8 Å². The molecule has 0 amide bonds. The van der Waals surface area contributed by atoms with Gasteiger partial charge in [0.2, 0.25) is 0 Å². The van der Waals surface area contributed by atoms with Gasteiger partial charge in [-0.1, -0.05) is 6.92 Å². The molecule has 1 aliphatic carbocycles. The van der Waals surface area contributed by atoms with Crippen LogP contribution in [0.25, 0.3) is 0 Å². The second kappa shape index (κ2) is 2.24. The molecule has 1 spiro atoms. The molecule has 1 aliphatic heterocycles. The first-order valence-corrected chi connectivity index (χ1v) is 4.86. The zero-order chi connectivity index (χ0) is 8.98. The van der Waals surface area contributed by atoms with Crippen LogP contribution in [0.15, 0.2) is 0 Å². The molecule has 2 heteroatoms. The summed E-state index contributed by atoms with van der Waals surface area (Å²) < 4.78 is 5.64. The van der Waals surface area contributed by atoms with E-state index < -0.39 is 0 Å². The van der Waals surface area contributed by atoms with Crippen LogP contribution in [0, 0.1) is 5.92 Å². The molecule has 70 valence electrons. The van der Waals surface area contributed by atoms with Crippen molar-refractivity contribution in [2.24, 2.45) is 5.92 Å². The van der Waals surface area contributed by atoms with Gasteiger partial charge >= 0.3 is 0 Å². The molecule has 1 N–H and O–H groups in total. The monoisotopic (exact) mass is 170 g/mol. The van der Waals surface area contributed by atoms with Crippen LogP contribution >= 0.6 is 0 Å². The highest BCUT2D eigenvalue weighted by atomic mass is 16.6. The van der Waals surface area contributed by atoms with E-state index in [0.717, 1.165) is 12.8 Å². The van der Waals surface area contributed by atoms with Crippen LogP contribution in [0.1, 0.15) is 40.0 Å². The predicted molar refractivity (Wildman–Crippen MR) is 46.9 cm³/mol. The van der Waals surface area contributed by atoms with E-state index in [1.54, 1.807) is 0 Å². The maximum Gasteiger partial charge on any atom is 0.123 e. The molecule has 2 rings (SSSR count). The molecule has 12 heavy (non-hydrogen) atoms. The molecule has 2 nitrogen and oxygen atoms in total. The maximum absolute atomic E-state index is 9.88. The van der Waals surface area contributed by atoms with Crippen molar-refractivity contribution in [3.8, 4) is 0 Å². The Hall–Kier alpha value is -0.0800. The number of epoxide rings is 1. The van der Waals surface area contributed by atoms with Gasteiger partial charge in [-0.05, 0) is 39.0 Å². The normalized spacial score (nSPS) is 51.0. The van der Waals surface area contributed by atoms with Gasteiger partial charge in [0.05, 0.1) is 11.7 Å². The zero-order valence-electron chi connectivity index (χ0n) is 8.13. The smallest absolute Gasteiger partial charge is 0.123 e. The van der Waals surface area contributed by atoms with E-state index in [9.17, 15) is 5.11 Å². The van der Waals surface area contributed by atoms with E-state index in [1.807, 2.05) is 0 Å². The van der Waals surface area contributed by atoms with Crippen molar-refractivity contribution >= 4 is 0 Å². The highest BCUT2D eigenvalue weighted by Gasteiger charge is 2.68. The second-order valence-corrected chi connectivity index (χ2v) is 4.90. The van der Waals surface area contributed by atoms with Crippen molar-refractivity contribution in [3.63, 3.8) is 0 Å². The summed E-state index contributed by atoms with van der Waals surface area (Å²) in [7, 11) is 0. The Bertz CT molecular complexity index is 200. The van der Waals surface area contributed by atoms with E-state index in [-0.39, 0.29) is 17.3 Å². The number of ether oxygens (including phenoxy) is 1. The molecule has 0 aromatic rings. The predicted octanol–water partition coefficient (Wildman–Crippen LogP) is 1.71. The summed E-state index contributed by atoms with van der Waals surface area (Å²) in [5.74, 6) is 0.658. The summed E-state index contributed by atoms with van der Waals surface area (Å²) in [6.07, 6.45) is 2.89. The quantitative estimate of drug-likeness (QED) is 0.561. The lowest BCUT2D eigenvalue weighted by atomic mass is 9.75. The summed E-state index contributed by atoms with van der Waals surface area (Å²) >= 11 is 0. The summed E-state index contributed by atoms with van der Waals surface area (Å²) in [5, 5.41) is 9.88. The van der Waals surface area contributed by atoms with E-state index >= 15 is 0 Å². The molecular formula is C10H18O2. The summed E-state index contributed by atoms with van der Waals surface area (Å²) in [4.78, 5) is 0. The zero-order valence-corrected chi connectivity index (χ0v) is 8.13. The molecule has 2 fully saturated rings. The Morgan fingerprint density at radius 3 is 2.42 bits per heavy atom. The molecule has 1 heterocycles.